The standard InChI is InChI=1S/C35H61N3O2S.C2H6.C2H4.H2/c1-8-11-13-15-16-17-18-19-20-21-25-36-33(10-3)40-34(28-30(4)5)38(7)26-23-24-32(29-38)31(6)35(37-41)39-27-22-14-12-9-2;2*1-2;/h23,30,34,36H,3,6,8-9,11-22,25-29H2,1-2,4-5,7H3;1-2H3;1-2H2;1H/p+1/b37-35+;;;. The van der Waals surface area contributed by atoms with E-state index in [1.54, 1.807) is 0 Å². The number of likely N-dealkylation sites (N-methyl/N-ethyl adjacent to an activating group) is 1. The highest BCUT2D eigenvalue weighted by atomic mass is 32.1. The van der Waals surface area contributed by atoms with Crippen LogP contribution >= 0.6 is 12.8 Å². The van der Waals surface area contributed by atoms with Crippen LogP contribution in [0.4, 0.5) is 0 Å². The Hall–Kier alpha value is -2.10. The highest BCUT2D eigenvalue weighted by molar-refractivity contribution is 7.79. The summed E-state index contributed by atoms with van der Waals surface area (Å²) in [5.41, 5.74) is 8.18. The summed E-state index contributed by atoms with van der Waals surface area (Å²) < 4.78 is 17.4. The lowest BCUT2D eigenvalue weighted by atomic mass is 10.0. The van der Waals surface area contributed by atoms with E-state index in [2.05, 4.69) is 101 Å². The number of thiol groups is 1. The van der Waals surface area contributed by atoms with Crippen LogP contribution in [0.3, 0.4) is 0 Å². The molecule has 5 nitrogen and oxygen atoms in total. The maximum atomic E-state index is 6.60. The Bertz CT molecular complexity index is 907. The molecule has 0 radical (unpaired) electrons. The molecule has 0 aliphatic carbocycles. The van der Waals surface area contributed by atoms with Gasteiger partial charge in [-0.2, -0.15) is 4.40 Å². The molecule has 0 spiro atoms. The highest BCUT2D eigenvalue weighted by Gasteiger charge is 2.38. The monoisotopic (exact) mass is 649 g/mol. The average molecular weight is 649 g/mol. The average Bonchev–Trinajstić information content (AvgIpc) is 3.05. The van der Waals surface area contributed by atoms with Crippen molar-refractivity contribution in [3.05, 3.63) is 60.9 Å². The molecule has 0 saturated carbocycles. The van der Waals surface area contributed by atoms with E-state index < -0.39 is 0 Å². The van der Waals surface area contributed by atoms with Gasteiger partial charge in [-0.25, -0.2) is 0 Å². The van der Waals surface area contributed by atoms with Crippen LogP contribution in [0.1, 0.15) is 139 Å². The van der Waals surface area contributed by atoms with E-state index in [1.807, 2.05) is 13.8 Å². The van der Waals surface area contributed by atoms with Crippen LogP contribution in [0, 0.1) is 5.92 Å². The first-order valence-corrected chi connectivity index (χ1v) is 18.3. The predicted molar refractivity (Wildman–Crippen MR) is 205 cm³/mol. The number of quaternary nitrogens is 1. The SMILES string of the molecule is C=C.C=C=C(NCCCCCCCCCCCC)OC(CC(C)C)[N+]1(C)CC=C=C(C(=C)/C(=N\S)OCCCCCC)C1.CC.[HH]. The van der Waals surface area contributed by atoms with E-state index >= 15 is 0 Å². The lowest BCUT2D eigenvalue weighted by molar-refractivity contribution is -0.946. The van der Waals surface area contributed by atoms with Gasteiger partial charge in [0.25, 0.3) is 0 Å². The van der Waals surface area contributed by atoms with Crippen molar-refractivity contribution in [3.8, 4) is 0 Å². The number of hydrogen-bond acceptors (Lipinski definition) is 5. The van der Waals surface area contributed by atoms with E-state index in [0.717, 1.165) is 56.5 Å². The summed E-state index contributed by atoms with van der Waals surface area (Å²) >= 11 is 4.18. The number of nitrogens with one attached hydrogen (secondary N) is 1. The molecule has 0 aromatic carbocycles. The van der Waals surface area contributed by atoms with Crippen LogP contribution in [-0.2, 0) is 9.47 Å². The van der Waals surface area contributed by atoms with Gasteiger partial charge in [0, 0.05) is 26.0 Å². The minimum atomic E-state index is -0.0630. The Labute approximate surface area is 287 Å². The maximum Gasteiger partial charge on any atom is 0.237 e. The normalized spacial score (nSPS) is 16.3. The zero-order chi connectivity index (χ0) is 34.3. The highest BCUT2D eigenvalue weighted by Crippen LogP contribution is 2.28. The Morgan fingerprint density at radius 1 is 1.00 bits per heavy atom. The van der Waals surface area contributed by atoms with Crippen molar-refractivity contribution in [2.75, 3.05) is 33.3 Å². The summed E-state index contributed by atoms with van der Waals surface area (Å²) in [6, 6.07) is 0. The van der Waals surface area contributed by atoms with Gasteiger partial charge in [0.2, 0.25) is 18.0 Å². The zero-order valence-corrected chi connectivity index (χ0v) is 31.5. The molecule has 1 rings (SSSR count). The molecule has 1 aliphatic heterocycles. The lowest BCUT2D eigenvalue weighted by Crippen LogP contribution is -2.56. The second-order valence-electron chi connectivity index (χ2n) is 12.3. The summed E-state index contributed by atoms with van der Waals surface area (Å²) in [6.45, 7) is 30.2. The van der Waals surface area contributed by atoms with Crippen molar-refractivity contribution < 1.29 is 15.4 Å². The molecular formula is C39H74N3O2S+. The van der Waals surface area contributed by atoms with Gasteiger partial charge in [-0.15, -0.1) is 18.9 Å². The molecule has 0 aromatic rings. The molecule has 45 heavy (non-hydrogen) atoms. The summed E-state index contributed by atoms with van der Waals surface area (Å²) in [4.78, 5) is 0. The van der Waals surface area contributed by atoms with E-state index in [1.165, 1.54) is 70.6 Å². The second kappa shape index (κ2) is 30.5. The van der Waals surface area contributed by atoms with E-state index in [-0.39, 0.29) is 7.65 Å². The molecule has 0 amide bonds. The quantitative estimate of drug-likeness (QED) is 0.0160. The van der Waals surface area contributed by atoms with Gasteiger partial charge in [-0.1, -0.05) is 137 Å². The number of unbranched alkanes of at least 4 members (excludes halogenated alkanes) is 12. The molecule has 0 saturated heterocycles. The molecule has 0 bridgehead atoms. The first-order chi connectivity index (χ1) is 21.8. The van der Waals surface area contributed by atoms with Gasteiger partial charge in [-0.3, -0.25) is 4.48 Å². The van der Waals surface area contributed by atoms with Crippen molar-refractivity contribution in [3.63, 3.8) is 0 Å². The molecule has 2 atom stereocenters. The molecule has 0 fully saturated rings. The molecule has 2 unspecified atom stereocenters. The molecule has 0 aromatic heterocycles. The minimum Gasteiger partial charge on any atom is -0.477 e. The van der Waals surface area contributed by atoms with Gasteiger partial charge in [-0.05, 0) is 31.6 Å². The fraction of sp³-hybridized carbons (Fsp3) is 0.718. The summed E-state index contributed by atoms with van der Waals surface area (Å²) in [7, 11) is 2.24. The Morgan fingerprint density at radius 3 is 2.04 bits per heavy atom. The number of hydrogen-bond donors (Lipinski definition) is 2. The van der Waals surface area contributed by atoms with Gasteiger partial charge >= 0.3 is 0 Å². The van der Waals surface area contributed by atoms with Gasteiger partial charge in [0.1, 0.15) is 13.1 Å². The molecule has 262 valence electrons. The topological polar surface area (TPSA) is 42.8 Å². The summed E-state index contributed by atoms with van der Waals surface area (Å²) in [5.74, 6) is 1.61. The smallest absolute Gasteiger partial charge is 0.237 e. The zero-order valence-electron chi connectivity index (χ0n) is 30.7. The van der Waals surface area contributed by atoms with Crippen LogP contribution in [0.2, 0.25) is 0 Å². The van der Waals surface area contributed by atoms with Crippen LogP contribution in [0.25, 0.3) is 0 Å². The third-order valence-electron chi connectivity index (χ3n) is 7.85. The third kappa shape index (κ3) is 21.3. The van der Waals surface area contributed by atoms with E-state index in [4.69, 9.17) is 9.47 Å². The molecule has 1 heterocycles. The molecule has 6 heteroatoms. The van der Waals surface area contributed by atoms with Crippen molar-refractivity contribution in [1.82, 2.24) is 5.32 Å². The van der Waals surface area contributed by atoms with Crippen molar-refractivity contribution >= 4 is 18.7 Å². The van der Waals surface area contributed by atoms with Gasteiger partial charge in [0.15, 0.2) is 0 Å². The first-order valence-electron chi connectivity index (χ1n) is 17.9. The summed E-state index contributed by atoms with van der Waals surface area (Å²) in [5, 5.41) is 3.47. The fourth-order valence-corrected chi connectivity index (χ4v) is 5.36. The van der Waals surface area contributed by atoms with E-state index in [9.17, 15) is 0 Å². The Kier molecular flexibility index (Phi) is 30.6. The van der Waals surface area contributed by atoms with Crippen molar-refractivity contribution in [2.45, 2.75) is 144 Å². The number of rotatable bonds is 24. The van der Waals surface area contributed by atoms with Gasteiger partial charge < -0.3 is 14.8 Å². The van der Waals surface area contributed by atoms with Crippen LogP contribution < -0.4 is 5.32 Å². The van der Waals surface area contributed by atoms with Crippen molar-refractivity contribution in [1.29, 1.82) is 0 Å². The lowest BCUT2D eigenvalue weighted by Gasteiger charge is -2.42. The van der Waals surface area contributed by atoms with E-state index in [0.29, 0.717) is 28.8 Å². The number of nitrogens with zero attached hydrogens (tertiary/aromatic N) is 2. The second-order valence-corrected chi connectivity index (χ2v) is 12.5. The first kappa shape index (κ1) is 45.0. The van der Waals surface area contributed by atoms with Crippen LogP contribution in [-0.4, -0.2) is 49.9 Å². The number of ether oxygens (including phenoxy) is 2. The molecular weight excluding hydrogens is 575 g/mol. The maximum absolute atomic E-state index is 6.60. The van der Waals surface area contributed by atoms with Crippen LogP contribution in [0.15, 0.2) is 65.3 Å². The summed E-state index contributed by atoms with van der Waals surface area (Å²) in [6.07, 6.45) is 20.8. The third-order valence-corrected chi connectivity index (χ3v) is 8.03. The predicted octanol–water partition coefficient (Wildman–Crippen LogP) is 11.5. The minimum absolute atomic E-state index is 0. The Morgan fingerprint density at radius 2 is 1.53 bits per heavy atom. The molecule has 1 aliphatic rings. The molecule has 1 N–H and O–H groups in total. The van der Waals surface area contributed by atoms with Crippen LogP contribution in [0.5, 0.6) is 0 Å². The van der Waals surface area contributed by atoms with Gasteiger partial charge in [0.05, 0.1) is 19.2 Å². The largest absolute Gasteiger partial charge is 0.477 e. The van der Waals surface area contributed by atoms with Crippen molar-refractivity contribution in [2.24, 2.45) is 10.3 Å². The Balaban J connectivity index is -0.00000355. The fourth-order valence-electron chi connectivity index (χ4n) is 5.18.